The van der Waals surface area contributed by atoms with Crippen molar-refractivity contribution < 1.29 is 17.9 Å². The number of nitrogens with zero attached hydrogens (tertiary/aromatic N) is 8. The largest absolute Gasteiger partial charge is 0.480 e. The van der Waals surface area contributed by atoms with Gasteiger partial charge in [0.2, 0.25) is 5.88 Å². The molecular weight excluding hydrogens is 497 g/mol. The van der Waals surface area contributed by atoms with E-state index in [1.165, 1.54) is 11.2 Å². The Morgan fingerprint density at radius 3 is 2.47 bits per heavy atom. The van der Waals surface area contributed by atoms with Gasteiger partial charge in [-0.3, -0.25) is 4.99 Å². The van der Waals surface area contributed by atoms with Crippen LogP contribution in [0.1, 0.15) is 41.4 Å². The molecule has 1 fully saturated rings. The van der Waals surface area contributed by atoms with Gasteiger partial charge in [0.25, 0.3) is 0 Å². The lowest BCUT2D eigenvalue weighted by molar-refractivity contribution is -0.145. The summed E-state index contributed by atoms with van der Waals surface area (Å²) >= 11 is 0. The minimum absolute atomic E-state index is 0.178. The minimum atomic E-state index is -4.36. The predicted octanol–water partition coefficient (Wildman–Crippen LogP) is 4.15. The molecule has 12 heteroatoms. The first-order valence-electron chi connectivity index (χ1n) is 12.3. The van der Waals surface area contributed by atoms with Crippen LogP contribution in [-0.2, 0) is 6.54 Å². The normalized spacial score (nSPS) is 17.8. The van der Waals surface area contributed by atoms with E-state index in [0.29, 0.717) is 52.3 Å². The number of likely N-dealkylation sites (N-methyl/N-ethyl adjacent to an activating group) is 1. The Kier molecular flexibility index (Phi) is 5.77. The second kappa shape index (κ2) is 9.03. The second-order valence-electron chi connectivity index (χ2n) is 9.65. The molecule has 1 saturated carbocycles. The summed E-state index contributed by atoms with van der Waals surface area (Å²) in [5.41, 5.74) is 4.51. The number of hydrogen-bond acceptors (Lipinski definition) is 8. The molecule has 1 atom stereocenters. The highest BCUT2D eigenvalue weighted by atomic mass is 19.4. The third-order valence-electron chi connectivity index (χ3n) is 6.92. The topological polar surface area (TPSA) is 94.2 Å². The number of amidine groups is 1. The number of rotatable bonds is 6. The van der Waals surface area contributed by atoms with E-state index < -0.39 is 12.2 Å². The van der Waals surface area contributed by atoms with Crippen LogP contribution in [-0.4, -0.2) is 73.1 Å². The van der Waals surface area contributed by atoms with Gasteiger partial charge in [0.15, 0.2) is 17.5 Å². The van der Waals surface area contributed by atoms with Crippen LogP contribution >= 0.6 is 0 Å². The predicted molar refractivity (Wildman–Crippen MR) is 134 cm³/mol. The molecule has 6 rings (SSSR count). The van der Waals surface area contributed by atoms with E-state index >= 15 is 0 Å². The number of halogens is 3. The first-order valence-corrected chi connectivity index (χ1v) is 12.3. The van der Waals surface area contributed by atoms with E-state index in [-0.39, 0.29) is 6.54 Å². The monoisotopic (exact) mass is 522 g/mol. The molecule has 4 aromatic rings. The van der Waals surface area contributed by atoms with Gasteiger partial charge in [-0.1, -0.05) is 24.3 Å². The number of fused-ring (bicyclic) bond motifs is 1. The molecule has 1 aromatic carbocycles. The van der Waals surface area contributed by atoms with Gasteiger partial charge < -0.3 is 14.2 Å². The highest BCUT2D eigenvalue weighted by molar-refractivity contribution is 5.99. The third-order valence-corrected chi connectivity index (χ3v) is 6.92. The number of benzene rings is 1. The lowest BCUT2D eigenvalue weighted by Gasteiger charge is -2.16. The van der Waals surface area contributed by atoms with Crippen LogP contribution in [0.5, 0.6) is 5.88 Å². The number of alkyl halides is 3. The van der Waals surface area contributed by atoms with Crippen molar-refractivity contribution in [3.05, 3.63) is 59.4 Å². The van der Waals surface area contributed by atoms with Crippen LogP contribution in [0.3, 0.4) is 0 Å². The molecular formula is C26H25F3N8O. The summed E-state index contributed by atoms with van der Waals surface area (Å²) in [6, 6.07) is 5.67. The van der Waals surface area contributed by atoms with Gasteiger partial charge in [-0.25, -0.2) is 24.9 Å². The van der Waals surface area contributed by atoms with E-state index in [1.54, 1.807) is 32.5 Å². The van der Waals surface area contributed by atoms with Crippen molar-refractivity contribution in [2.45, 2.75) is 44.4 Å². The Morgan fingerprint density at radius 2 is 1.82 bits per heavy atom. The maximum Gasteiger partial charge on any atom is 0.412 e. The van der Waals surface area contributed by atoms with Crippen LogP contribution in [0.15, 0.2) is 41.8 Å². The van der Waals surface area contributed by atoms with E-state index in [4.69, 9.17) is 9.72 Å². The molecule has 1 unspecified atom stereocenters. The summed E-state index contributed by atoms with van der Waals surface area (Å²) in [5, 5.41) is 0. The Labute approximate surface area is 216 Å². The first kappa shape index (κ1) is 24.3. The summed E-state index contributed by atoms with van der Waals surface area (Å²) in [4.78, 5) is 28.3. The molecule has 3 aromatic heterocycles. The summed E-state index contributed by atoms with van der Waals surface area (Å²) in [5.74, 6) is 2.37. The van der Waals surface area contributed by atoms with Crippen LogP contribution in [0.4, 0.5) is 13.2 Å². The molecule has 0 bridgehead atoms. The fourth-order valence-corrected chi connectivity index (χ4v) is 4.80. The zero-order valence-corrected chi connectivity index (χ0v) is 21.1. The van der Waals surface area contributed by atoms with Crippen LogP contribution in [0.2, 0.25) is 0 Å². The van der Waals surface area contributed by atoms with Crippen molar-refractivity contribution in [1.29, 1.82) is 0 Å². The number of imidazole rings is 1. The lowest BCUT2D eigenvalue weighted by Crippen LogP contribution is -2.32. The number of aromatic nitrogens is 6. The van der Waals surface area contributed by atoms with Crippen molar-refractivity contribution in [3.8, 4) is 17.3 Å². The van der Waals surface area contributed by atoms with E-state index in [0.717, 1.165) is 29.9 Å². The van der Waals surface area contributed by atoms with Gasteiger partial charge in [-0.2, -0.15) is 13.2 Å². The number of hydrogen-bond donors (Lipinski definition) is 0. The molecule has 196 valence electrons. The third kappa shape index (κ3) is 4.33. The molecule has 0 spiro atoms. The average Bonchev–Trinajstić information content (AvgIpc) is 3.60. The molecule has 9 nitrogen and oxygen atoms in total. The van der Waals surface area contributed by atoms with Crippen molar-refractivity contribution in [3.63, 3.8) is 0 Å². The average molecular weight is 523 g/mol. The van der Waals surface area contributed by atoms with E-state index in [9.17, 15) is 13.2 Å². The maximum atomic E-state index is 13.1. The van der Waals surface area contributed by atoms with Gasteiger partial charge in [0.05, 0.1) is 32.1 Å². The highest BCUT2D eigenvalue weighted by Crippen LogP contribution is 2.44. The summed E-state index contributed by atoms with van der Waals surface area (Å²) in [6.45, 7) is 2.20. The number of aliphatic imine (C=N–C) groups is 1. The van der Waals surface area contributed by atoms with Crippen molar-refractivity contribution in [2.75, 3.05) is 20.7 Å². The SMILES string of the molecule is COc1ncnc(C2CC2)c1-c1ncc2nc(C)n(Cc3ccc(C4=NC(C(F)(F)F)CN4C)cc3)c2n1. The van der Waals surface area contributed by atoms with Crippen molar-refractivity contribution in [2.24, 2.45) is 4.99 Å². The Bertz CT molecular complexity index is 1540. The summed E-state index contributed by atoms with van der Waals surface area (Å²) < 4.78 is 46.9. The molecule has 0 N–H and O–H groups in total. The second-order valence-corrected chi connectivity index (χ2v) is 9.65. The van der Waals surface area contributed by atoms with Gasteiger partial charge in [-0.15, -0.1) is 0 Å². The summed E-state index contributed by atoms with van der Waals surface area (Å²) in [6.07, 6.45) is 0.957. The first-order chi connectivity index (χ1) is 18.2. The Hall–Kier alpha value is -4.09. The standard InChI is InChI=1S/C26H25F3N8O/c1-14-33-18-10-30-22(20-21(16-8-9-16)31-13-32-25(20)38-3)35-24(18)37(14)11-15-4-6-17(7-5-15)23-34-19(12-36(23)2)26(27,28)29/h4-7,10,13,16,19H,8-9,11-12H2,1-3H3. The fourth-order valence-electron chi connectivity index (χ4n) is 4.80. The highest BCUT2D eigenvalue weighted by Gasteiger charge is 2.44. The molecule has 1 aliphatic carbocycles. The summed E-state index contributed by atoms with van der Waals surface area (Å²) in [7, 11) is 3.19. The molecule has 0 radical (unpaired) electrons. The minimum Gasteiger partial charge on any atom is -0.480 e. The molecule has 0 saturated heterocycles. The Balaban J connectivity index is 1.32. The molecule has 4 heterocycles. The zero-order valence-electron chi connectivity index (χ0n) is 21.1. The van der Waals surface area contributed by atoms with E-state index in [1.807, 2.05) is 23.6 Å². The fraction of sp³-hybridized carbons (Fsp3) is 0.385. The lowest BCUT2D eigenvalue weighted by atomic mass is 10.1. The van der Waals surface area contributed by atoms with Gasteiger partial charge >= 0.3 is 6.18 Å². The molecule has 1 aliphatic heterocycles. The molecule has 0 amide bonds. The molecule has 38 heavy (non-hydrogen) atoms. The quantitative estimate of drug-likeness (QED) is 0.376. The zero-order chi connectivity index (χ0) is 26.6. The Morgan fingerprint density at radius 1 is 1.05 bits per heavy atom. The number of methoxy groups -OCH3 is 1. The molecule has 2 aliphatic rings. The smallest absolute Gasteiger partial charge is 0.412 e. The maximum absolute atomic E-state index is 13.1. The van der Waals surface area contributed by atoms with Crippen LogP contribution in [0.25, 0.3) is 22.6 Å². The van der Waals surface area contributed by atoms with Crippen molar-refractivity contribution >= 4 is 17.0 Å². The van der Waals surface area contributed by atoms with Gasteiger partial charge in [-0.05, 0) is 25.3 Å². The van der Waals surface area contributed by atoms with Gasteiger partial charge in [0.1, 0.15) is 29.1 Å². The number of aryl methyl sites for hydroxylation is 1. The van der Waals surface area contributed by atoms with Gasteiger partial charge in [0, 0.05) is 18.5 Å². The van der Waals surface area contributed by atoms with Crippen LogP contribution in [0, 0.1) is 6.92 Å². The van der Waals surface area contributed by atoms with E-state index in [2.05, 4.69) is 24.9 Å². The van der Waals surface area contributed by atoms with Crippen molar-refractivity contribution in [1.82, 2.24) is 34.4 Å². The van der Waals surface area contributed by atoms with Crippen LogP contribution < -0.4 is 4.74 Å². The number of ether oxygens (including phenoxy) is 1.